The van der Waals surface area contributed by atoms with E-state index in [-0.39, 0.29) is 0 Å². The molecule has 0 spiro atoms. The van der Waals surface area contributed by atoms with Crippen LogP contribution in [0.5, 0.6) is 0 Å². The van der Waals surface area contributed by atoms with Crippen molar-refractivity contribution in [1.29, 1.82) is 0 Å². The molecule has 0 aromatic heterocycles. The lowest BCUT2D eigenvalue weighted by atomic mass is 10.0. The molecule has 0 saturated heterocycles. The van der Waals surface area contributed by atoms with Crippen LogP contribution < -0.4 is 0 Å². The molecule has 1 N–H and O–H groups in total. The zero-order valence-electron chi connectivity index (χ0n) is 17.7. The minimum atomic E-state index is -0.664. The van der Waals surface area contributed by atoms with Crippen molar-refractivity contribution in [1.82, 2.24) is 0 Å². The van der Waals surface area contributed by atoms with Gasteiger partial charge in [0.25, 0.3) is 0 Å². The maximum atomic E-state index is 10.4. The van der Waals surface area contributed by atoms with Gasteiger partial charge in [0.05, 0.1) is 0 Å². The molecule has 0 bridgehead atoms. The van der Waals surface area contributed by atoms with Crippen LogP contribution in [0.25, 0.3) is 0 Å². The summed E-state index contributed by atoms with van der Waals surface area (Å²) in [5, 5.41) is 8.56. The van der Waals surface area contributed by atoms with Gasteiger partial charge in [-0.2, -0.15) is 0 Å². The van der Waals surface area contributed by atoms with E-state index in [1.54, 1.807) is 0 Å². The molecule has 0 aliphatic heterocycles. The van der Waals surface area contributed by atoms with E-state index in [2.05, 4.69) is 19.1 Å². The van der Waals surface area contributed by atoms with E-state index in [1.165, 1.54) is 96.3 Å². The molecule has 2 nitrogen and oxygen atoms in total. The SMILES string of the molecule is CCCCCCCCCCCCCCC/C=C/CCCCCCC(=O)O. The van der Waals surface area contributed by atoms with Gasteiger partial charge in [-0.15, -0.1) is 0 Å². The molecule has 0 aromatic rings. The van der Waals surface area contributed by atoms with Gasteiger partial charge in [0, 0.05) is 6.42 Å². The molecule has 0 atom stereocenters. The van der Waals surface area contributed by atoms with Gasteiger partial charge < -0.3 is 5.11 Å². The quantitative estimate of drug-likeness (QED) is 0.163. The number of aliphatic carboxylic acids is 1. The summed E-state index contributed by atoms with van der Waals surface area (Å²) in [4.78, 5) is 10.4. The molecule has 0 aliphatic carbocycles. The molecular weight excluding hydrogens is 320 g/mol. The van der Waals surface area contributed by atoms with E-state index in [4.69, 9.17) is 5.11 Å². The van der Waals surface area contributed by atoms with Crippen LogP contribution in [0, 0.1) is 0 Å². The molecule has 154 valence electrons. The predicted molar refractivity (Wildman–Crippen MR) is 115 cm³/mol. The molecular formula is C24H46O2. The summed E-state index contributed by atoms with van der Waals surface area (Å²) in [6, 6.07) is 0. The Labute approximate surface area is 163 Å². The number of allylic oxidation sites excluding steroid dienone is 2. The zero-order valence-corrected chi connectivity index (χ0v) is 17.7. The van der Waals surface area contributed by atoms with Crippen LogP contribution in [0.3, 0.4) is 0 Å². The summed E-state index contributed by atoms with van der Waals surface area (Å²) in [7, 11) is 0. The monoisotopic (exact) mass is 366 g/mol. The Bertz CT molecular complexity index is 309. The minimum absolute atomic E-state index is 0.328. The van der Waals surface area contributed by atoms with Gasteiger partial charge >= 0.3 is 5.97 Å². The first-order chi connectivity index (χ1) is 12.8. The third-order valence-corrected chi connectivity index (χ3v) is 5.15. The average molecular weight is 367 g/mol. The van der Waals surface area contributed by atoms with Crippen LogP contribution in [0.4, 0.5) is 0 Å². The number of unbranched alkanes of at least 4 members (excludes halogenated alkanes) is 17. The number of hydrogen-bond donors (Lipinski definition) is 1. The van der Waals surface area contributed by atoms with E-state index in [0.717, 1.165) is 25.7 Å². The minimum Gasteiger partial charge on any atom is -0.481 e. The van der Waals surface area contributed by atoms with Gasteiger partial charge in [-0.05, 0) is 32.1 Å². The zero-order chi connectivity index (χ0) is 19.1. The number of hydrogen-bond acceptors (Lipinski definition) is 1. The molecule has 26 heavy (non-hydrogen) atoms. The van der Waals surface area contributed by atoms with Crippen molar-refractivity contribution in [2.75, 3.05) is 0 Å². The largest absolute Gasteiger partial charge is 0.481 e. The summed E-state index contributed by atoms with van der Waals surface area (Å²) in [5.74, 6) is -0.664. The molecule has 0 amide bonds. The van der Waals surface area contributed by atoms with Crippen molar-refractivity contribution in [2.24, 2.45) is 0 Å². The van der Waals surface area contributed by atoms with E-state index >= 15 is 0 Å². The van der Waals surface area contributed by atoms with Gasteiger partial charge in [-0.1, -0.05) is 109 Å². The fourth-order valence-corrected chi connectivity index (χ4v) is 3.41. The summed E-state index contributed by atoms with van der Waals surface area (Å²) < 4.78 is 0. The summed E-state index contributed by atoms with van der Waals surface area (Å²) >= 11 is 0. The smallest absolute Gasteiger partial charge is 0.303 e. The predicted octanol–water partition coefficient (Wildman–Crippen LogP) is 8.45. The van der Waals surface area contributed by atoms with Crippen LogP contribution in [0.15, 0.2) is 12.2 Å². The lowest BCUT2D eigenvalue weighted by molar-refractivity contribution is -0.137. The highest BCUT2D eigenvalue weighted by Crippen LogP contribution is 2.13. The van der Waals surface area contributed by atoms with Gasteiger partial charge in [0.2, 0.25) is 0 Å². The van der Waals surface area contributed by atoms with Crippen molar-refractivity contribution in [3.05, 3.63) is 12.2 Å². The maximum absolute atomic E-state index is 10.4. The van der Waals surface area contributed by atoms with Gasteiger partial charge in [0.15, 0.2) is 0 Å². The molecule has 0 radical (unpaired) electrons. The van der Waals surface area contributed by atoms with Gasteiger partial charge in [0.1, 0.15) is 0 Å². The van der Waals surface area contributed by atoms with Crippen LogP contribution in [-0.4, -0.2) is 11.1 Å². The fourth-order valence-electron chi connectivity index (χ4n) is 3.41. The second-order valence-electron chi connectivity index (χ2n) is 7.85. The van der Waals surface area contributed by atoms with Crippen molar-refractivity contribution < 1.29 is 9.90 Å². The number of carboxylic acid groups (broad SMARTS) is 1. The summed E-state index contributed by atoms with van der Waals surface area (Å²) in [6.07, 6.45) is 30.1. The molecule has 0 heterocycles. The first kappa shape index (κ1) is 25.2. The van der Waals surface area contributed by atoms with Crippen molar-refractivity contribution in [2.45, 2.75) is 135 Å². The van der Waals surface area contributed by atoms with E-state index < -0.39 is 5.97 Å². The second kappa shape index (κ2) is 22.3. The molecule has 0 saturated carbocycles. The number of carbonyl (C=O) groups is 1. The first-order valence-corrected chi connectivity index (χ1v) is 11.6. The topological polar surface area (TPSA) is 37.3 Å². The lowest BCUT2D eigenvalue weighted by Gasteiger charge is -2.02. The Kier molecular flexibility index (Phi) is 21.6. The second-order valence-corrected chi connectivity index (χ2v) is 7.85. The lowest BCUT2D eigenvalue weighted by Crippen LogP contribution is -1.93. The molecule has 0 aromatic carbocycles. The van der Waals surface area contributed by atoms with Crippen molar-refractivity contribution in [3.63, 3.8) is 0 Å². The van der Waals surface area contributed by atoms with Crippen molar-refractivity contribution in [3.8, 4) is 0 Å². The van der Waals surface area contributed by atoms with Crippen LogP contribution in [0.1, 0.15) is 135 Å². The Hall–Kier alpha value is -0.790. The van der Waals surface area contributed by atoms with Crippen LogP contribution in [0.2, 0.25) is 0 Å². The highest BCUT2D eigenvalue weighted by molar-refractivity contribution is 5.66. The standard InChI is InChI=1S/C24H46O2/c1-2-3-4-5-6-7-8-9-10-11-12-13-14-15-16-17-18-19-20-21-22-23-24(25)26/h16-17H,2-15,18-23H2,1H3,(H,25,26)/b17-16+. The summed E-state index contributed by atoms with van der Waals surface area (Å²) in [6.45, 7) is 2.28. The summed E-state index contributed by atoms with van der Waals surface area (Å²) in [5.41, 5.74) is 0. The van der Waals surface area contributed by atoms with Crippen LogP contribution >= 0.6 is 0 Å². The highest BCUT2D eigenvalue weighted by atomic mass is 16.4. The van der Waals surface area contributed by atoms with Gasteiger partial charge in [-0.25, -0.2) is 0 Å². The number of carboxylic acids is 1. The Morgan fingerprint density at radius 1 is 0.577 bits per heavy atom. The van der Waals surface area contributed by atoms with E-state index in [1.807, 2.05) is 0 Å². The molecule has 0 fully saturated rings. The first-order valence-electron chi connectivity index (χ1n) is 11.6. The molecule has 0 aliphatic rings. The molecule has 2 heteroatoms. The van der Waals surface area contributed by atoms with Crippen LogP contribution in [-0.2, 0) is 4.79 Å². The Morgan fingerprint density at radius 2 is 0.923 bits per heavy atom. The Balaban J connectivity index is 3.07. The fraction of sp³-hybridized carbons (Fsp3) is 0.875. The third kappa shape index (κ3) is 23.2. The molecule has 0 rings (SSSR count). The maximum Gasteiger partial charge on any atom is 0.303 e. The average Bonchev–Trinajstić information content (AvgIpc) is 2.62. The normalized spacial score (nSPS) is 11.4. The number of rotatable bonds is 21. The van der Waals surface area contributed by atoms with E-state index in [0.29, 0.717) is 6.42 Å². The van der Waals surface area contributed by atoms with Gasteiger partial charge in [-0.3, -0.25) is 4.79 Å². The van der Waals surface area contributed by atoms with Crippen molar-refractivity contribution >= 4 is 5.97 Å². The Morgan fingerprint density at radius 3 is 1.31 bits per heavy atom. The molecule has 0 unspecified atom stereocenters. The third-order valence-electron chi connectivity index (χ3n) is 5.15. The highest BCUT2D eigenvalue weighted by Gasteiger charge is 1.96. The van der Waals surface area contributed by atoms with E-state index in [9.17, 15) is 4.79 Å².